The van der Waals surface area contributed by atoms with E-state index in [0.717, 1.165) is 5.92 Å². The Kier molecular flexibility index (Phi) is 2.89. The second kappa shape index (κ2) is 3.73. The van der Waals surface area contributed by atoms with Gasteiger partial charge in [-0.15, -0.1) is 0 Å². The molecule has 0 radical (unpaired) electrons. The van der Waals surface area contributed by atoms with Crippen molar-refractivity contribution in [3.8, 4) is 0 Å². The van der Waals surface area contributed by atoms with Gasteiger partial charge >= 0.3 is 0 Å². The van der Waals surface area contributed by atoms with Gasteiger partial charge in [0.1, 0.15) is 0 Å². The molecule has 1 unspecified atom stereocenters. The van der Waals surface area contributed by atoms with Gasteiger partial charge in [0.15, 0.2) is 0 Å². The molecule has 2 saturated heterocycles. The maximum Gasteiger partial charge on any atom is 0.0239 e. The van der Waals surface area contributed by atoms with Crippen LogP contribution in [0.4, 0.5) is 0 Å². The minimum absolute atomic E-state index is 0.450. The minimum Gasteiger partial charge on any atom is -0.305 e. The SMILES string of the molecule is CCC(C)CC(C)(C)C12CCC(C)(CC1)N2. The Hall–Kier alpha value is -0.0400. The fraction of sp³-hybridized carbons (Fsp3) is 1.00. The summed E-state index contributed by atoms with van der Waals surface area (Å²) in [6.07, 6.45) is 8.25. The lowest BCUT2D eigenvalue weighted by atomic mass is 9.64. The molecule has 0 aromatic rings. The molecule has 94 valence electrons. The van der Waals surface area contributed by atoms with E-state index in [-0.39, 0.29) is 0 Å². The number of rotatable bonds is 4. The van der Waals surface area contributed by atoms with Gasteiger partial charge < -0.3 is 5.32 Å². The van der Waals surface area contributed by atoms with Crippen LogP contribution in [0.2, 0.25) is 0 Å². The Morgan fingerprint density at radius 3 is 2.12 bits per heavy atom. The zero-order chi connectivity index (χ0) is 12.0. The van der Waals surface area contributed by atoms with Gasteiger partial charge in [-0.3, -0.25) is 0 Å². The van der Waals surface area contributed by atoms with Crippen molar-refractivity contribution < 1.29 is 0 Å². The van der Waals surface area contributed by atoms with Crippen LogP contribution in [0, 0.1) is 11.3 Å². The third kappa shape index (κ3) is 1.81. The lowest BCUT2D eigenvalue weighted by Gasteiger charge is -2.44. The van der Waals surface area contributed by atoms with E-state index in [1.54, 1.807) is 0 Å². The summed E-state index contributed by atoms with van der Waals surface area (Å²) < 4.78 is 0. The molecular weight excluding hydrogens is 194 g/mol. The van der Waals surface area contributed by atoms with Crippen LogP contribution >= 0.6 is 0 Å². The third-order valence-electron chi connectivity index (χ3n) is 5.60. The Morgan fingerprint density at radius 1 is 1.19 bits per heavy atom. The summed E-state index contributed by atoms with van der Waals surface area (Å²) in [6.45, 7) is 12.1. The Balaban J connectivity index is 2.12. The molecule has 0 aliphatic carbocycles. The quantitative estimate of drug-likeness (QED) is 0.756. The highest BCUT2D eigenvalue weighted by atomic mass is 15.1. The molecule has 2 rings (SSSR count). The molecule has 0 aromatic carbocycles. The lowest BCUT2D eigenvalue weighted by Crippen LogP contribution is -2.51. The lowest BCUT2D eigenvalue weighted by molar-refractivity contribution is 0.111. The number of nitrogens with one attached hydrogen (secondary N) is 1. The highest BCUT2D eigenvalue weighted by Gasteiger charge is 2.57. The molecule has 1 atom stereocenters. The zero-order valence-corrected chi connectivity index (χ0v) is 11.8. The van der Waals surface area contributed by atoms with E-state index in [4.69, 9.17) is 0 Å². The fourth-order valence-electron chi connectivity index (χ4n) is 4.11. The predicted octanol–water partition coefficient (Wildman–Crippen LogP) is 4.12. The molecule has 0 amide bonds. The van der Waals surface area contributed by atoms with Crippen LogP contribution in [0.25, 0.3) is 0 Å². The van der Waals surface area contributed by atoms with E-state index in [1.165, 1.54) is 38.5 Å². The third-order valence-corrected chi connectivity index (χ3v) is 5.60. The first-order valence-corrected chi connectivity index (χ1v) is 7.12. The van der Waals surface area contributed by atoms with E-state index in [0.29, 0.717) is 16.5 Å². The van der Waals surface area contributed by atoms with E-state index in [9.17, 15) is 0 Å². The Labute approximate surface area is 101 Å². The summed E-state index contributed by atoms with van der Waals surface area (Å²) in [7, 11) is 0. The average Bonchev–Trinajstić information content (AvgIpc) is 2.72. The Bertz CT molecular complexity index is 259. The molecule has 0 aromatic heterocycles. The fourth-order valence-corrected chi connectivity index (χ4v) is 4.11. The molecule has 2 fully saturated rings. The predicted molar refractivity (Wildman–Crippen MR) is 70.6 cm³/mol. The maximum absolute atomic E-state index is 3.99. The molecule has 2 bridgehead atoms. The molecule has 2 aliphatic rings. The van der Waals surface area contributed by atoms with Gasteiger partial charge in [-0.2, -0.15) is 0 Å². The first kappa shape index (κ1) is 12.4. The highest BCUT2D eigenvalue weighted by molar-refractivity contribution is 5.16. The summed E-state index contributed by atoms with van der Waals surface area (Å²) in [5, 5.41) is 3.99. The van der Waals surface area contributed by atoms with Gasteiger partial charge in [0.25, 0.3) is 0 Å². The summed E-state index contributed by atoms with van der Waals surface area (Å²) >= 11 is 0. The maximum atomic E-state index is 3.99. The smallest absolute Gasteiger partial charge is 0.0239 e. The first-order chi connectivity index (χ1) is 7.33. The van der Waals surface area contributed by atoms with Crippen LogP contribution in [0.15, 0.2) is 0 Å². The minimum atomic E-state index is 0.450. The molecule has 1 heteroatoms. The summed E-state index contributed by atoms with van der Waals surface area (Å²) in [5.74, 6) is 0.860. The highest BCUT2D eigenvalue weighted by Crippen LogP contribution is 2.54. The van der Waals surface area contributed by atoms with Crippen LogP contribution in [-0.2, 0) is 0 Å². The second-order valence-electron chi connectivity index (χ2n) is 7.37. The van der Waals surface area contributed by atoms with Gasteiger partial charge in [0.05, 0.1) is 0 Å². The van der Waals surface area contributed by atoms with Crippen molar-refractivity contribution in [2.45, 2.75) is 84.2 Å². The summed E-state index contributed by atoms with van der Waals surface area (Å²) in [5.41, 5.74) is 1.37. The number of hydrogen-bond acceptors (Lipinski definition) is 1. The summed E-state index contributed by atoms with van der Waals surface area (Å²) in [6, 6.07) is 0. The van der Waals surface area contributed by atoms with Crippen molar-refractivity contribution >= 4 is 0 Å². The van der Waals surface area contributed by atoms with Crippen molar-refractivity contribution in [1.82, 2.24) is 5.32 Å². The number of hydrogen-bond donors (Lipinski definition) is 1. The zero-order valence-electron chi connectivity index (χ0n) is 11.8. The van der Waals surface area contributed by atoms with Gasteiger partial charge in [-0.25, -0.2) is 0 Å². The van der Waals surface area contributed by atoms with E-state index >= 15 is 0 Å². The van der Waals surface area contributed by atoms with Crippen LogP contribution in [0.1, 0.15) is 73.1 Å². The molecule has 0 saturated carbocycles. The molecule has 2 heterocycles. The van der Waals surface area contributed by atoms with Crippen molar-refractivity contribution in [3.63, 3.8) is 0 Å². The first-order valence-electron chi connectivity index (χ1n) is 7.12. The van der Waals surface area contributed by atoms with Crippen LogP contribution in [0.3, 0.4) is 0 Å². The van der Waals surface area contributed by atoms with Gasteiger partial charge in [-0.1, -0.05) is 34.1 Å². The van der Waals surface area contributed by atoms with E-state index in [2.05, 4.69) is 39.9 Å². The van der Waals surface area contributed by atoms with Crippen LogP contribution in [-0.4, -0.2) is 11.1 Å². The van der Waals surface area contributed by atoms with Crippen molar-refractivity contribution in [2.24, 2.45) is 11.3 Å². The van der Waals surface area contributed by atoms with Crippen LogP contribution < -0.4 is 5.32 Å². The molecule has 0 spiro atoms. The summed E-state index contributed by atoms with van der Waals surface area (Å²) in [4.78, 5) is 0. The molecular formula is C15H29N. The van der Waals surface area contributed by atoms with Gasteiger partial charge in [0, 0.05) is 11.1 Å². The monoisotopic (exact) mass is 223 g/mol. The second-order valence-corrected chi connectivity index (χ2v) is 7.37. The van der Waals surface area contributed by atoms with E-state index in [1.807, 2.05) is 0 Å². The van der Waals surface area contributed by atoms with Crippen molar-refractivity contribution in [3.05, 3.63) is 0 Å². The van der Waals surface area contributed by atoms with Crippen molar-refractivity contribution in [1.29, 1.82) is 0 Å². The topological polar surface area (TPSA) is 12.0 Å². The van der Waals surface area contributed by atoms with Gasteiger partial charge in [-0.05, 0) is 50.4 Å². The molecule has 16 heavy (non-hydrogen) atoms. The largest absolute Gasteiger partial charge is 0.305 e. The molecule has 1 nitrogen and oxygen atoms in total. The van der Waals surface area contributed by atoms with Crippen LogP contribution in [0.5, 0.6) is 0 Å². The molecule has 2 aliphatic heterocycles. The average molecular weight is 223 g/mol. The normalized spacial score (nSPS) is 40.3. The van der Waals surface area contributed by atoms with Gasteiger partial charge in [0.2, 0.25) is 0 Å². The van der Waals surface area contributed by atoms with E-state index < -0.39 is 0 Å². The number of fused-ring (bicyclic) bond motifs is 2. The Morgan fingerprint density at radius 2 is 1.75 bits per heavy atom. The standard InChI is InChI=1S/C15H29N/c1-6-12(2)11-13(3,4)15-9-7-14(5,16-15)8-10-15/h12,16H,6-11H2,1-5H3. The molecule has 1 N–H and O–H groups in total. The van der Waals surface area contributed by atoms with Crippen molar-refractivity contribution in [2.75, 3.05) is 0 Å².